The van der Waals surface area contributed by atoms with E-state index < -0.39 is 0 Å². The summed E-state index contributed by atoms with van der Waals surface area (Å²) in [7, 11) is 0. The van der Waals surface area contributed by atoms with Crippen LogP contribution in [0.25, 0.3) is 11.1 Å². The molecule has 0 aliphatic carbocycles. The van der Waals surface area contributed by atoms with E-state index in [-0.39, 0.29) is 0 Å². The molecule has 1 aliphatic rings. The summed E-state index contributed by atoms with van der Waals surface area (Å²) in [6.45, 7) is 8.04. The number of H-pyrrole nitrogens is 1. The molecule has 0 spiro atoms. The lowest BCUT2D eigenvalue weighted by atomic mass is 10.1. The first-order chi connectivity index (χ1) is 13.2. The van der Waals surface area contributed by atoms with Gasteiger partial charge in [0.25, 0.3) is 0 Å². The molecule has 0 atom stereocenters. The van der Waals surface area contributed by atoms with E-state index in [0.717, 1.165) is 72.4 Å². The number of nitrogens with zero attached hydrogens (tertiary/aromatic N) is 4. The average molecular weight is 363 g/mol. The lowest BCUT2D eigenvalue weighted by molar-refractivity contribution is 0.724. The Morgan fingerprint density at radius 2 is 1.85 bits per heavy atom. The minimum absolute atomic E-state index is 0.805. The number of aromatic amines is 1. The Morgan fingerprint density at radius 3 is 2.63 bits per heavy atom. The number of hydrogen-bond acceptors (Lipinski definition) is 6. The van der Waals surface area contributed by atoms with Crippen molar-refractivity contribution in [2.45, 2.75) is 20.3 Å². The van der Waals surface area contributed by atoms with Crippen LogP contribution in [0.4, 0.5) is 17.5 Å². The predicted octanol–water partition coefficient (Wildman–Crippen LogP) is 3.03. The zero-order valence-electron chi connectivity index (χ0n) is 15.8. The van der Waals surface area contributed by atoms with Gasteiger partial charge in [-0.2, -0.15) is 10.1 Å². The number of aryl methyl sites for hydroxylation is 1. The Balaban J connectivity index is 1.57. The van der Waals surface area contributed by atoms with Gasteiger partial charge in [-0.25, -0.2) is 4.98 Å². The third-order valence-electron chi connectivity index (χ3n) is 4.98. The largest absolute Gasteiger partial charge is 0.340 e. The summed E-state index contributed by atoms with van der Waals surface area (Å²) >= 11 is 0. The van der Waals surface area contributed by atoms with Crippen LogP contribution in [0.2, 0.25) is 0 Å². The smallest absolute Gasteiger partial charge is 0.227 e. The van der Waals surface area contributed by atoms with Crippen LogP contribution in [0.5, 0.6) is 0 Å². The van der Waals surface area contributed by atoms with Crippen LogP contribution in [0, 0.1) is 13.8 Å². The fourth-order valence-electron chi connectivity index (χ4n) is 3.21. The van der Waals surface area contributed by atoms with Gasteiger partial charge >= 0.3 is 0 Å². The van der Waals surface area contributed by atoms with E-state index in [0.29, 0.717) is 0 Å². The predicted molar refractivity (Wildman–Crippen MR) is 109 cm³/mol. The highest BCUT2D eigenvalue weighted by Crippen LogP contribution is 2.25. The maximum absolute atomic E-state index is 4.83. The molecule has 7 heteroatoms. The molecule has 4 rings (SSSR count). The molecule has 3 heterocycles. The molecular weight excluding hydrogens is 338 g/mol. The average Bonchev–Trinajstić information content (AvgIpc) is 3.08. The first kappa shape index (κ1) is 17.5. The summed E-state index contributed by atoms with van der Waals surface area (Å²) in [6.07, 6.45) is 4.82. The molecule has 0 radical (unpaired) electrons. The Bertz CT molecular complexity index is 879. The molecule has 0 saturated carbocycles. The van der Waals surface area contributed by atoms with Crippen molar-refractivity contribution in [3.63, 3.8) is 0 Å². The number of nitrogens with one attached hydrogen (secondary N) is 3. The molecule has 3 N–H and O–H groups in total. The Hall–Kier alpha value is -2.93. The van der Waals surface area contributed by atoms with Crippen molar-refractivity contribution in [1.29, 1.82) is 0 Å². The molecule has 27 heavy (non-hydrogen) atoms. The Labute approximate surface area is 159 Å². The highest BCUT2D eigenvalue weighted by atomic mass is 15.3. The van der Waals surface area contributed by atoms with E-state index in [1.807, 2.05) is 19.3 Å². The van der Waals surface area contributed by atoms with Crippen molar-refractivity contribution in [1.82, 2.24) is 25.5 Å². The van der Waals surface area contributed by atoms with Crippen molar-refractivity contribution < 1.29 is 0 Å². The van der Waals surface area contributed by atoms with Crippen LogP contribution in [0.3, 0.4) is 0 Å². The normalized spacial score (nSPS) is 14.8. The molecule has 1 saturated heterocycles. The summed E-state index contributed by atoms with van der Waals surface area (Å²) in [6, 6.07) is 8.29. The SMILES string of the molecule is Cc1nc(N2CCCNCC2)nc(Nc2ccc(-c3cn[nH]c3)cc2)c1C. The lowest BCUT2D eigenvalue weighted by Crippen LogP contribution is -2.30. The van der Waals surface area contributed by atoms with Crippen molar-refractivity contribution in [3.05, 3.63) is 47.9 Å². The topological polar surface area (TPSA) is 81.8 Å². The minimum atomic E-state index is 0.805. The molecular formula is C20H25N7. The van der Waals surface area contributed by atoms with Crippen LogP contribution >= 0.6 is 0 Å². The van der Waals surface area contributed by atoms with Gasteiger partial charge in [0.1, 0.15) is 5.82 Å². The maximum Gasteiger partial charge on any atom is 0.227 e. The highest BCUT2D eigenvalue weighted by Gasteiger charge is 2.16. The Morgan fingerprint density at radius 1 is 1.00 bits per heavy atom. The van der Waals surface area contributed by atoms with Gasteiger partial charge in [0.05, 0.1) is 6.20 Å². The van der Waals surface area contributed by atoms with Crippen LogP contribution in [0.1, 0.15) is 17.7 Å². The van der Waals surface area contributed by atoms with E-state index in [9.17, 15) is 0 Å². The van der Waals surface area contributed by atoms with Crippen molar-refractivity contribution in [3.8, 4) is 11.1 Å². The summed E-state index contributed by atoms with van der Waals surface area (Å²) in [5.74, 6) is 1.67. The second kappa shape index (κ2) is 7.75. The molecule has 7 nitrogen and oxygen atoms in total. The molecule has 2 aromatic heterocycles. The van der Waals surface area contributed by atoms with Crippen LogP contribution in [-0.2, 0) is 0 Å². The zero-order valence-corrected chi connectivity index (χ0v) is 15.8. The monoisotopic (exact) mass is 363 g/mol. The quantitative estimate of drug-likeness (QED) is 0.661. The first-order valence-corrected chi connectivity index (χ1v) is 9.38. The van der Waals surface area contributed by atoms with Crippen molar-refractivity contribution in [2.24, 2.45) is 0 Å². The molecule has 1 aromatic carbocycles. The van der Waals surface area contributed by atoms with E-state index in [1.165, 1.54) is 0 Å². The maximum atomic E-state index is 4.83. The second-order valence-electron chi connectivity index (χ2n) is 6.86. The lowest BCUT2D eigenvalue weighted by Gasteiger charge is -2.22. The van der Waals surface area contributed by atoms with Gasteiger partial charge in [-0.3, -0.25) is 5.10 Å². The fourth-order valence-corrected chi connectivity index (χ4v) is 3.21. The van der Waals surface area contributed by atoms with Crippen molar-refractivity contribution in [2.75, 3.05) is 36.4 Å². The summed E-state index contributed by atoms with van der Waals surface area (Å²) in [5.41, 5.74) is 5.29. The van der Waals surface area contributed by atoms with Gasteiger partial charge < -0.3 is 15.5 Å². The molecule has 1 fully saturated rings. The van der Waals surface area contributed by atoms with Crippen LogP contribution < -0.4 is 15.5 Å². The Kier molecular flexibility index (Phi) is 5.02. The standard InChI is InChI=1S/C20H25N7/c1-14-15(2)24-20(27-10-3-8-21-9-11-27)26-19(14)25-18-6-4-16(5-7-18)17-12-22-23-13-17/h4-7,12-13,21H,3,8-11H2,1-2H3,(H,22,23)(H,24,25,26). The number of hydrogen-bond donors (Lipinski definition) is 3. The molecule has 3 aromatic rings. The highest BCUT2D eigenvalue weighted by molar-refractivity contribution is 5.68. The van der Waals surface area contributed by atoms with E-state index in [1.54, 1.807) is 0 Å². The van der Waals surface area contributed by atoms with Gasteiger partial charge in [-0.1, -0.05) is 12.1 Å². The van der Waals surface area contributed by atoms with Gasteiger partial charge in [0.15, 0.2) is 0 Å². The molecule has 0 amide bonds. The fraction of sp³-hybridized carbons (Fsp3) is 0.350. The number of aromatic nitrogens is 4. The zero-order chi connectivity index (χ0) is 18.6. The summed E-state index contributed by atoms with van der Waals surface area (Å²) in [4.78, 5) is 11.8. The molecule has 140 valence electrons. The van der Waals surface area contributed by atoms with Gasteiger partial charge in [0.2, 0.25) is 5.95 Å². The number of rotatable bonds is 4. The van der Waals surface area contributed by atoms with E-state index >= 15 is 0 Å². The van der Waals surface area contributed by atoms with Crippen molar-refractivity contribution >= 4 is 17.5 Å². The van der Waals surface area contributed by atoms with Gasteiger partial charge in [-0.05, 0) is 44.5 Å². The van der Waals surface area contributed by atoms with Crippen LogP contribution in [0.15, 0.2) is 36.7 Å². The van der Waals surface area contributed by atoms with Crippen LogP contribution in [-0.4, -0.2) is 46.3 Å². The van der Waals surface area contributed by atoms with Gasteiger partial charge in [-0.15, -0.1) is 0 Å². The summed E-state index contributed by atoms with van der Waals surface area (Å²) < 4.78 is 0. The second-order valence-corrected chi connectivity index (χ2v) is 6.86. The summed E-state index contributed by atoms with van der Waals surface area (Å²) in [5, 5.41) is 13.7. The first-order valence-electron chi connectivity index (χ1n) is 9.38. The third-order valence-corrected chi connectivity index (χ3v) is 4.98. The van der Waals surface area contributed by atoms with Gasteiger partial charge in [0, 0.05) is 48.3 Å². The minimum Gasteiger partial charge on any atom is -0.340 e. The molecule has 0 bridgehead atoms. The number of anilines is 3. The third kappa shape index (κ3) is 3.93. The van der Waals surface area contributed by atoms with E-state index in [2.05, 4.69) is 56.9 Å². The van der Waals surface area contributed by atoms with E-state index in [4.69, 9.17) is 9.97 Å². The molecule has 1 aliphatic heterocycles. The molecule has 0 unspecified atom stereocenters. The number of benzene rings is 1.